The van der Waals surface area contributed by atoms with E-state index in [9.17, 15) is 22.4 Å². The van der Waals surface area contributed by atoms with Crippen molar-refractivity contribution in [2.24, 2.45) is 0 Å². The second-order valence-corrected chi connectivity index (χ2v) is 10.4. The van der Waals surface area contributed by atoms with Crippen LogP contribution in [0.2, 0.25) is 0 Å². The van der Waals surface area contributed by atoms with E-state index in [1.807, 2.05) is 6.92 Å². The lowest BCUT2D eigenvalue weighted by Crippen LogP contribution is -2.44. The maximum atomic E-state index is 13.6. The number of rotatable bonds is 8. The van der Waals surface area contributed by atoms with Gasteiger partial charge < -0.3 is 10.1 Å². The van der Waals surface area contributed by atoms with Crippen LogP contribution in [0.15, 0.2) is 53.4 Å². The Morgan fingerprint density at radius 2 is 1.79 bits per heavy atom. The Balaban J connectivity index is 1.61. The largest absolute Gasteiger partial charge is 0.379 e. The first kappa shape index (κ1) is 24.3. The minimum Gasteiger partial charge on any atom is -0.379 e. The molecule has 10 heteroatoms. The average molecular weight is 490 g/mol. The van der Waals surface area contributed by atoms with Crippen molar-refractivity contribution in [3.05, 3.63) is 65.5 Å². The van der Waals surface area contributed by atoms with Crippen LogP contribution in [0.1, 0.15) is 37.3 Å². The fourth-order valence-electron chi connectivity index (χ4n) is 4.38. The van der Waals surface area contributed by atoms with Crippen LogP contribution < -0.4 is 5.32 Å². The van der Waals surface area contributed by atoms with E-state index in [0.29, 0.717) is 37.2 Å². The van der Waals surface area contributed by atoms with Gasteiger partial charge in [-0.05, 0) is 41.8 Å². The number of carbonyl (C=O) groups excluding carboxylic acids is 2. The number of halogens is 1. The van der Waals surface area contributed by atoms with Gasteiger partial charge in [0.1, 0.15) is 11.4 Å². The van der Waals surface area contributed by atoms with Gasteiger partial charge in [-0.2, -0.15) is 4.31 Å². The standard InChI is InChI=1S/C24H28FN3O5S/c1-2-3-11-24(19-7-9-20(25)10-8-19)22(29)28(23(30)26-24)17-18-5-4-6-21(16-18)34(31,32)27-12-14-33-15-13-27/h4-10,16H,2-3,11-15,17H2,1H3,(H,26,30)/t24-/m0/s1. The Hall–Kier alpha value is -2.82. The fourth-order valence-corrected chi connectivity index (χ4v) is 5.86. The van der Waals surface area contributed by atoms with Crippen LogP contribution in [0, 0.1) is 5.82 Å². The van der Waals surface area contributed by atoms with E-state index in [1.54, 1.807) is 12.1 Å². The Morgan fingerprint density at radius 1 is 1.09 bits per heavy atom. The lowest BCUT2D eigenvalue weighted by atomic mass is 9.84. The summed E-state index contributed by atoms with van der Waals surface area (Å²) in [4.78, 5) is 27.7. The summed E-state index contributed by atoms with van der Waals surface area (Å²) < 4.78 is 46.2. The van der Waals surface area contributed by atoms with Crippen molar-refractivity contribution >= 4 is 22.0 Å². The number of morpholine rings is 1. The summed E-state index contributed by atoms with van der Waals surface area (Å²) in [6.45, 7) is 3.13. The van der Waals surface area contributed by atoms with E-state index in [1.165, 1.54) is 40.7 Å². The smallest absolute Gasteiger partial charge is 0.325 e. The van der Waals surface area contributed by atoms with Crippen LogP contribution in [0.4, 0.5) is 9.18 Å². The van der Waals surface area contributed by atoms with Crippen molar-refractivity contribution < 1.29 is 27.1 Å². The van der Waals surface area contributed by atoms with Crippen molar-refractivity contribution in [2.45, 2.75) is 43.2 Å². The SMILES string of the molecule is CCCC[C@@]1(c2ccc(F)cc2)NC(=O)N(Cc2cccc(S(=O)(=O)N3CCOCC3)c2)C1=O. The second kappa shape index (κ2) is 9.81. The third-order valence-corrected chi connectivity index (χ3v) is 8.16. The molecule has 182 valence electrons. The quantitative estimate of drug-likeness (QED) is 0.575. The molecule has 0 aromatic heterocycles. The van der Waals surface area contributed by atoms with E-state index in [0.717, 1.165) is 11.3 Å². The summed E-state index contributed by atoms with van der Waals surface area (Å²) in [5.74, 6) is -0.861. The number of amides is 3. The summed E-state index contributed by atoms with van der Waals surface area (Å²) in [6, 6.07) is 11.3. The molecule has 0 aliphatic carbocycles. The van der Waals surface area contributed by atoms with Crippen molar-refractivity contribution in [1.82, 2.24) is 14.5 Å². The highest BCUT2D eigenvalue weighted by atomic mass is 32.2. The number of nitrogens with zero attached hydrogens (tertiary/aromatic N) is 2. The molecule has 3 amide bonds. The Labute approximate surface area is 198 Å². The first-order chi connectivity index (χ1) is 16.3. The van der Waals surface area contributed by atoms with Crippen LogP contribution in [0.25, 0.3) is 0 Å². The highest BCUT2D eigenvalue weighted by molar-refractivity contribution is 7.89. The minimum atomic E-state index is -3.71. The number of carbonyl (C=O) groups is 2. The van der Waals surface area contributed by atoms with Gasteiger partial charge in [-0.1, -0.05) is 44.0 Å². The van der Waals surface area contributed by atoms with Crippen LogP contribution in [0.5, 0.6) is 0 Å². The van der Waals surface area contributed by atoms with Gasteiger partial charge in [0.25, 0.3) is 5.91 Å². The first-order valence-corrected chi connectivity index (χ1v) is 12.8. The molecule has 0 saturated carbocycles. The number of nitrogens with one attached hydrogen (secondary N) is 1. The summed E-state index contributed by atoms with van der Waals surface area (Å²) in [5.41, 5.74) is -0.242. The maximum Gasteiger partial charge on any atom is 0.325 e. The van der Waals surface area contributed by atoms with Crippen LogP contribution >= 0.6 is 0 Å². The van der Waals surface area contributed by atoms with E-state index >= 15 is 0 Å². The monoisotopic (exact) mass is 489 g/mol. The molecule has 2 aromatic rings. The molecular formula is C24H28FN3O5S. The number of hydrogen-bond acceptors (Lipinski definition) is 5. The zero-order valence-electron chi connectivity index (χ0n) is 19.0. The van der Waals surface area contributed by atoms with Gasteiger partial charge in [-0.3, -0.25) is 9.69 Å². The molecule has 2 aliphatic rings. The summed E-state index contributed by atoms with van der Waals surface area (Å²) in [5, 5.41) is 2.83. The summed E-state index contributed by atoms with van der Waals surface area (Å²) in [7, 11) is -3.71. The molecule has 2 saturated heterocycles. The number of benzene rings is 2. The highest BCUT2D eigenvalue weighted by Gasteiger charge is 2.51. The molecule has 1 N–H and O–H groups in total. The molecule has 34 heavy (non-hydrogen) atoms. The molecule has 2 heterocycles. The van der Waals surface area contributed by atoms with Crippen molar-refractivity contribution in [1.29, 1.82) is 0 Å². The van der Waals surface area contributed by atoms with E-state index < -0.39 is 33.3 Å². The maximum absolute atomic E-state index is 13.6. The van der Waals surface area contributed by atoms with E-state index in [4.69, 9.17) is 4.74 Å². The fraction of sp³-hybridized carbons (Fsp3) is 0.417. The number of sulfonamides is 1. The number of imide groups is 1. The summed E-state index contributed by atoms with van der Waals surface area (Å²) in [6.07, 6.45) is 1.87. The molecule has 2 fully saturated rings. The van der Waals surface area contributed by atoms with Gasteiger partial charge in [0.05, 0.1) is 24.7 Å². The first-order valence-electron chi connectivity index (χ1n) is 11.3. The predicted molar refractivity (Wildman–Crippen MR) is 123 cm³/mol. The van der Waals surface area contributed by atoms with Crippen LogP contribution in [-0.4, -0.2) is 55.9 Å². The number of ether oxygens (including phenoxy) is 1. The third-order valence-electron chi connectivity index (χ3n) is 6.27. The number of urea groups is 1. The van der Waals surface area contributed by atoms with Gasteiger partial charge in [0, 0.05) is 13.1 Å². The normalized spacial score (nSPS) is 21.6. The lowest BCUT2D eigenvalue weighted by molar-refractivity contribution is -0.132. The van der Waals surface area contributed by atoms with E-state index in [2.05, 4.69) is 5.32 Å². The van der Waals surface area contributed by atoms with Crippen LogP contribution in [0.3, 0.4) is 0 Å². The number of unbranched alkanes of at least 4 members (excludes halogenated alkanes) is 1. The molecule has 4 rings (SSSR count). The average Bonchev–Trinajstić information content (AvgIpc) is 3.09. The molecular weight excluding hydrogens is 461 g/mol. The second-order valence-electron chi connectivity index (χ2n) is 8.50. The third kappa shape index (κ3) is 4.57. The van der Waals surface area contributed by atoms with Crippen molar-refractivity contribution in [3.63, 3.8) is 0 Å². The molecule has 1 atom stereocenters. The van der Waals surface area contributed by atoms with Crippen LogP contribution in [-0.2, 0) is 31.6 Å². The Bertz CT molecular complexity index is 1170. The predicted octanol–water partition coefficient (Wildman–Crippen LogP) is 2.98. The summed E-state index contributed by atoms with van der Waals surface area (Å²) >= 11 is 0. The molecule has 0 bridgehead atoms. The highest BCUT2D eigenvalue weighted by Crippen LogP contribution is 2.35. The lowest BCUT2D eigenvalue weighted by Gasteiger charge is -2.27. The topological polar surface area (TPSA) is 96.0 Å². The minimum absolute atomic E-state index is 0.0772. The van der Waals surface area contributed by atoms with E-state index in [-0.39, 0.29) is 24.5 Å². The zero-order valence-corrected chi connectivity index (χ0v) is 19.8. The molecule has 0 unspecified atom stereocenters. The molecule has 0 radical (unpaired) electrons. The van der Waals surface area contributed by atoms with Crippen molar-refractivity contribution in [2.75, 3.05) is 26.3 Å². The van der Waals surface area contributed by atoms with Gasteiger partial charge >= 0.3 is 6.03 Å². The van der Waals surface area contributed by atoms with Gasteiger partial charge in [-0.15, -0.1) is 0 Å². The van der Waals surface area contributed by atoms with Crippen molar-refractivity contribution in [3.8, 4) is 0 Å². The molecule has 2 aromatic carbocycles. The Morgan fingerprint density at radius 3 is 2.47 bits per heavy atom. The molecule has 2 aliphatic heterocycles. The molecule has 8 nitrogen and oxygen atoms in total. The zero-order chi connectivity index (χ0) is 24.3. The van der Waals surface area contributed by atoms with Gasteiger partial charge in [0.15, 0.2) is 0 Å². The van der Waals surface area contributed by atoms with Gasteiger partial charge in [-0.25, -0.2) is 17.6 Å². The molecule has 0 spiro atoms. The van der Waals surface area contributed by atoms with Gasteiger partial charge in [0.2, 0.25) is 10.0 Å². The Kier molecular flexibility index (Phi) is 7.01. The number of hydrogen-bond donors (Lipinski definition) is 1.